The lowest BCUT2D eigenvalue weighted by molar-refractivity contribution is 0.0939. The number of nitrogens with one attached hydrogen (secondary N) is 1. The van der Waals surface area contributed by atoms with Crippen molar-refractivity contribution in [2.24, 2.45) is 5.92 Å². The summed E-state index contributed by atoms with van der Waals surface area (Å²) in [5.74, 6) is 0.748. The van der Waals surface area contributed by atoms with Gasteiger partial charge >= 0.3 is 0 Å². The first-order valence-electron chi connectivity index (χ1n) is 6.65. The molecule has 2 atom stereocenters. The predicted molar refractivity (Wildman–Crippen MR) is 70.8 cm³/mol. The van der Waals surface area contributed by atoms with Gasteiger partial charge in [0.2, 0.25) is 0 Å². The van der Waals surface area contributed by atoms with Crippen LogP contribution in [0.15, 0.2) is 0 Å². The van der Waals surface area contributed by atoms with E-state index in [1.807, 2.05) is 0 Å². The van der Waals surface area contributed by atoms with Gasteiger partial charge in [0, 0.05) is 38.3 Å². The van der Waals surface area contributed by atoms with Crippen molar-refractivity contribution in [2.75, 3.05) is 39.8 Å². The first-order chi connectivity index (χ1) is 7.49. The van der Waals surface area contributed by atoms with Crippen molar-refractivity contribution in [3.05, 3.63) is 0 Å². The van der Waals surface area contributed by atoms with Crippen molar-refractivity contribution in [3.63, 3.8) is 0 Å². The second kappa shape index (κ2) is 6.58. The molecule has 0 saturated carbocycles. The first kappa shape index (κ1) is 13.9. The molecule has 16 heavy (non-hydrogen) atoms. The lowest BCUT2D eigenvalue weighted by Crippen LogP contribution is -2.51. The average Bonchev–Trinajstić information content (AvgIpc) is 2.21. The molecule has 0 bridgehead atoms. The molecule has 1 heterocycles. The minimum absolute atomic E-state index is 0.605. The quantitative estimate of drug-likeness (QED) is 0.763. The molecule has 0 radical (unpaired) electrons. The maximum Gasteiger partial charge on any atom is 0.0192 e. The van der Waals surface area contributed by atoms with Gasteiger partial charge in [0.25, 0.3) is 0 Å². The number of nitrogens with zero attached hydrogens (tertiary/aromatic N) is 2. The largest absolute Gasteiger partial charge is 0.314 e. The Balaban J connectivity index is 2.21. The van der Waals surface area contributed by atoms with Crippen LogP contribution in [0.25, 0.3) is 0 Å². The highest BCUT2D eigenvalue weighted by molar-refractivity contribution is 4.78. The van der Waals surface area contributed by atoms with Crippen LogP contribution in [0, 0.1) is 5.92 Å². The fourth-order valence-corrected chi connectivity index (χ4v) is 2.23. The molecule has 0 aliphatic carbocycles. The Morgan fingerprint density at radius 1 is 1.25 bits per heavy atom. The molecular weight excluding hydrogens is 198 g/mol. The van der Waals surface area contributed by atoms with E-state index in [1.54, 1.807) is 0 Å². The Labute approximate surface area is 101 Å². The molecule has 0 aromatic carbocycles. The SMILES string of the molecule is CC(CNC(C)C)CN1CCN(C)C(C)C1. The van der Waals surface area contributed by atoms with Crippen molar-refractivity contribution in [1.29, 1.82) is 0 Å². The highest BCUT2D eigenvalue weighted by Gasteiger charge is 2.21. The van der Waals surface area contributed by atoms with Gasteiger partial charge in [0.15, 0.2) is 0 Å². The van der Waals surface area contributed by atoms with Gasteiger partial charge in [-0.2, -0.15) is 0 Å². The van der Waals surface area contributed by atoms with Gasteiger partial charge in [-0.15, -0.1) is 0 Å². The van der Waals surface area contributed by atoms with Crippen LogP contribution >= 0.6 is 0 Å². The lowest BCUT2D eigenvalue weighted by atomic mass is 10.1. The highest BCUT2D eigenvalue weighted by atomic mass is 15.3. The fourth-order valence-electron chi connectivity index (χ4n) is 2.23. The molecule has 1 fully saturated rings. The van der Waals surface area contributed by atoms with Crippen molar-refractivity contribution in [3.8, 4) is 0 Å². The third kappa shape index (κ3) is 4.81. The second-order valence-corrected chi connectivity index (χ2v) is 5.76. The number of hydrogen-bond acceptors (Lipinski definition) is 3. The summed E-state index contributed by atoms with van der Waals surface area (Å²) in [5, 5.41) is 3.52. The zero-order valence-electron chi connectivity index (χ0n) is 11.7. The average molecular weight is 227 g/mol. The zero-order valence-corrected chi connectivity index (χ0v) is 11.7. The van der Waals surface area contributed by atoms with E-state index in [4.69, 9.17) is 0 Å². The summed E-state index contributed by atoms with van der Waals surface area (Å²) in [4.78, 5) is 5.06. The predicted octanol–water partition coefficient (Wildman–Crippen LogP) is 1.26. The van der Waals surface area contributed by atoms with Crippen LogP contribution < -0.4 is 5.32 Å². The Kier molecular flexibility index (Phi) is 5.73. The molecular formula is C13H29N3. The minimum atomic E-state index is 0.605. The van der Waals surface area contributed by atoms with E-state index in [9.17, 15) is 0 Å². The third-order valence-corrected chi connectivity index (χ3v) is 3.49. The van der Waals surface area contributed by atoms with Gasteiger partial charge in [-0.3, -0.25) is 0 Å². The molecule has 1 aliphatic rings. The van der Waals surface area contributed by atoms with Crippen molar-refractivity contribution in [2.45, 2.75) is 39.8 Å². The number of likely N-dealkylation sites (N-methyl/N-ethyl adjacent to an activating group) is 1. The van der Waals surface area contributed by atoms with Crippen molar-refractivity contribution < 1.29 is 0 Å². The van der Waals surface area contributed by atoms with Gasteiger partial charge in [-0.1, -0.05) is 20.8 Å². The summed E-state index contributed by atoms with van der Waals surface area (Å²) in [6.45, 7) is 15.1. The summed E-state index contributed by atoms with van der Waals surface area (Å²) >= 11 is 0. The number of piperazine rings is 1. The summed E-state index contributed by atoms with van der Waals surface area (Å²) in [6, 6.07) is 1.31. The molecule has 0 spiro atoms. The molecule has 0 aromatic rings. The molecule has 96 valence electrons. The van der Waals surface area contributed by atoms with Gasteiger partial charge in [-0.25, -0.2) is 0 Å². The third-order valence-electron chi connectivity index (χ3n) is 3.49. The van der Waals surface area contributed by atoms with Crippen molar-refractivity contribution in [1.82, 2.24) is 15.1 Å². The van der Waals surface area contributed by atoms with Crippen LogP contribution in [-0.4, -0.2) is 61.7 Å². The molecule has 1 aliphatic heterocycles. The Bertz CT molecular complexity index is 194. The molecule has 0 aromatic heterocycles. The van der Waals surface area contributed by atoms with E-state index in [2.05, 4.69) is 49.9 Å². The molecule has 1 N–H and O–H groups in total. The smallest absolute Gasteiger partial charge is 0.0192 e. The maximum atomic E-state index is 3.52. The maximum absolute atomic E-state index is 3.52. The molecule has 2 unspecified atom stereocenters. The van der Waals surface area contributed by atoms with Crippen LogP contribution in [0.5, 0.6) is 0 Å². The van der Waals surface area contributed by atoms with E-state index in [0.29, 0.717) is 12.1 Å². The van der Waals surface area contributed by atoms with Gasteiger partial charge in [0.1, 0.15) is 0 Å². The van der Waals surface area contributed by atoms with E-state index >= 15 is 0 Å². The normalized spacial score (nSPS) is 26.2. The van der Waals surface area contributed by atoms with Gasteiger partial charge in [0.05, 0.1) is 0 Å². The van der Waals surface area contributed by atoms with Gasteiger partial charge < -0.3 is 15.1 Å². The first-order valence-corrected chi connectivity index (χ1v) is 6.65. The van der Waals surface area contributed by atoms with Crippen LogP contribution in [-0.2, 0) is 0 Å². The van der Waals surface area contributed by atoms with E-state index in [0.717, 1.165) is 12.5 Å². The minimum Gasteiger partial charge on any atom is -0.314 e. The summed E-state index contributed by atoms with van der Waals surface area (Å²) in [5.41, 5.74) is 0. The molecule has 1 saturated heterocycles. The second-order valence-electron chi connectivity index (χ2n) is 5.76. The van der Waals surface area contributed by atoms with Crippen LogP contribution in [0.3, 0.4) is 0 Å². The fraction of sp³-hybridized carbons (Fsp3) is 1.00. The topological polar surface area (TPSA) is 18.5 Å². The molecule has 3 nitrogen and oxygen atoms in total. The van der Waals surface area contributed by atoms with Crippen LogP contribution in [0.2, 0.25) is 0 Å². The Morgan fingerprint density at radius 3 is 2.50 bits per heavy atom. The number of hydrogen-bond donors (Lipinski definition) is 1. The van der Waals surface area contributed by atoms with E-state index in [-0.39, 0.29) is 0 Å². The summed E-state index contributed by atoms with van der Waals surface area (Å²) < 4.78 is 0. The molecule has 0 amide bonds. The Morgan fingerprint density at radius 2 is 1.94 bits per heavy atom. The molecule has 1 rings (SSSR count). The lowest BCUT2D eigenvalue weighted by Gasteiger charge is -2.38. The standard InChI is InChI=1S/C13H29N3/c1-11(2)14-8-12(3)9-16-7-6-15(5)13(4)10-16/h11-14H,6-10H2,1-5H3. The monoisotopic (exact) mass is 227 g/mol. The van der Waals surface area contributed by atoms with E-state index < -0.39 is 0 Å². The Hall–Kier alpha value is -0.120. The van der Waals surface area contributed by atoms with Crippen LogP contribution in [0.4, 0.5) is 0 Å². The van der Waals surface area contributed by atoms with E-state index in [1.165, 1.54) is 26.2 Å². The summed E-state index contributed by atoms with van der Waals surface area (Å²) in [7, 11) is 2.23. The summed E-state index contributed by atoms with van der Waals surface area (Å²) in [6.07, 6.45) is 0. The number of rotatable bonds is 5. The van der Waals surface area contributed by atoms with Gasteiger partial charge in [-0.05, 0) is 26.4 Å². The zero-order chi connectivity index (χ0) is 12.1. The van der Waals surface area contributed by atoms with Crippen LogP contribution in [0.1, 0.15) is 27.7 Å². The highest BCUT2D eigenvalue weighted by Crippen LogP contribution is 2.09. The molecule has 3 heteroatoms. The van der Waals surface area contributed by atoms with Crippen molar-refractivity contribution >= 4 is 0 Å².